The Kier molecular flexibility index (Phi) is 2.94. The third-order valence-electron chi connectivity index (χ3n) is 2.74. The van der Waals surface area contributed by atoms with Gasteiger partial charge < -0.3 is 5.32 Å². The zero-order valence-electron chi connectivity index (χ0n) is 8.11. The summed E-state index contributed by atoms with van der Waals surface area (Å²) in [5.74, 6) is 1.06. The smallest absolute Gasteiger partial charge is 0.0122 e. The van der Waals surface area contributed by atoms with E-state index in [1.807, 2.05) is 0 Å². The van der Waals surface area contributed by atoms with E-state index in [9.17, 15) is 0 Å². The number of hydrogen-bond donors (Lipinski definition) is 1. The molecule has 0 aromatic heterocycles. The average molecular weight is 155 g/mol. The maximum atomic E-state index is 3.58. The van der Waals surface area contributed by atoms with Crippen molar-refractivity contribution < 1.29 is 0 Å². The van der Waals surface area contributed by atoms with Crippen molar-refractivity contribution in [3.05, 3.63) is 0 Å². The Morgan fingerprint density at radius 1 is 1.36 bits per heavy atom. The fourth-order valence-electron chi connectivity index (χ4n) is 1.15. The first-order chi connectivity index (χ1) is 5.14. The van der Waals surface area contributed by atoms with Gasteiger partial charge in [-0.2, -0.15) is 0 Å². The van der Waals surface area contributed by atoms with Gasteiger partial charge in [0.2, 0.25) is 0 Å². The highest BCUT2D eigenvalue weighted by Crippen LogP contribution is 2.31. The van der Waals surface area contributed by atoms with Crippen LogP contribution in [-0.2, 0) is 0 Å². The molecule has 1 saturated carbocycles. The SMILES string of the molecule is CCC(C)(C)NCCC1CC1. The largest absolute Gasteiger partial charge is 0.312 e. The fraction of sp³-hybridized carbons (Fsp3) is 1.00. The molecule has 0 aromatic carbocycles. The molecule has 0 saturated heterocycles. The molecule has 0 amide bonds. The van der Waals surface area contributed by atoms with Gasteiger partial charge in [0, 0.05) is 5.54 Å². The highest BCUT2D eigenvalue weighted by atomic mass is 14.9. The normalized spacial score (nSPS) is 18.8. The summed E-state index contributed by atoms with van der Waals surface area (Å²) in [5.41, 5.74) is 0.356. The molecule has 1 aliphatic carbocycles. The summed E-state index contributed by atoms with van der Waals surface area (Å²) in [6, 6.07) is 0. The van der Waals surface area contributed by atoms with E-state index in [-0.39, 0.29) is 0 Å². The monoisotopic (exact) mass is 155 g/mol. The van der Waals surface area contributed by atoms with Crippen LogP contribution < -0.4 is 5.32 Å². The first kappa shape index (κ1) is 9.05. The molecular formula is C10H21N. The molecule has 1 rings (SSSR count). The maximum absolute atomic E-state index is 3.58. The van der Waals surface area contributed by atoms with Crippen molar-refractivity contribution in [1.82, 2.24) is 5.32 Å². The average Bonchev–Trinajstić information content (AvgIpc) is 2.71. The summed E-state index contributed by atoms with van der Waals surface area (Å²) in [5, 5.41) is 3.58. The number of rotatable bonds is 5. The van der Waals surface area contributed by atoms with Gasteiger partial charge in [-0.1, -0.05) is 19.8 Å². The van der Waals surface area contributed by atoms with Crippen molar-refractivity contribution in [2.75, 3.05) is 6.54 Å². The van der Waals surface area contributed by atoms with E-state index in [0.29, 0.717) is 5.54 Å². The maximum Gasteiger partial charge on any atom is 0.0122 e. The zero-order valence-corrected chi connectivity index (χ0v) is 8.11. The molecular weight excluding hydrogens is 134 g/mol. The van der Waals surface area contributed by atoms with Crippen molar-refractivity contribution in [2.45, 2.75) is 52.0 Å². The zero-order chi connectivity index (χ0) is 8.32. The molecule has 1 N–H and O–H groups in total. The minimum Gasteiger partial charge on any atom is -0.312 e. The van der Waals surface area contributed by atoms with Gasteiger partial charge in [0.1, 0.15) is 0 Å². The van der Waals surface area contributed by atoms with Crippen LogP contribution in [0.15, 0.2) is 0 Å². The van der Waals surface area contributed by atoms with E-state index < -0.39 is 0 Å². The van der Waals surface area contributed by atoms with Crippen molar-refractivity contribution in [2.24, 2.45) is 5.92 Å². The Bertz CT molecular complexity index is 114. The number of nitrogens with one attached hydrogen (secondary N) is 1. The molecule has 0 aromatic rings. The fourth-order valence-corrected chi connectivity index (χ4v) is 1.15. The first-order valence-corrected chi connectivity index (χ1v) is 4.89. The van der Waals surface area contributed by atoms with Gasteiger partial charge in [-0.15, -0.1) is 0 Å². The lowest BCUT2D eigenvalue weighted by Crippen LogP contribution is -2.39. The molecule has 0 unspecified atom stereocenters. The minimum absolute atomic E-state index is 0.356. The van der Waals surface area contributed by atoms with Crippen LogP contribution in [0.4, 0.5) is 0 Å². The summed E-state index contributed by atoms with van der Waals surface area (Å²) in [6.45, 7) is 8.01. The Hall–Kier alpha value is -0.0400. The first-order valence-electron chi connectivity index (χ1n) is 4.89. The molecule has 0 atom stereocenters. The molecule has 1 aliphatic rings. The Morgan fingerprint density at radius 3 is 2.45 bits per heavy atom. The molecule has 1 nitrogen and oxygen atoms in total. The van der Waals surface area contributed by atoms with E-state index in [2.05, 4.69) is 26.1 Å². The van der Waals surface area contributed by atoms with Crippen LogP contribution in [0.1, 0.15) is 46.5 Å². The third kappa shape index (κ3) is 3.76. The lowest BCUT2D eigenvalue weighted by atomic mass is 10.0. The second-order valence-electron chi connectivity index (χ2n) is 4.40. The predicted molar refractivity (Wildman–Crippen MR) is 49.7 cm³/mol. The van der Waals surface area contributed by atoms with Crippen LogP contribution in [0, 0.1) is 5.92 Å². The van der Waals surface area contributed by atoms with Crippen molar-refractivity contribution in [1.29, 1.82) is 0 Å². The lowest BCUT2D eigenvalue weighted by Gasteiger charge is -2.24. The third-order valence-corrected chi connectivity index (χ3v) is 2.74. The standard InChI is InChI=1S/C10H21N/c1-4-10(2,3)11-8-7-9-5-6-9/h9,11H,4-8H2,1-3H3. The van der Waals surface area contributed by atoms with E-state index >= 15 is 0 Å². The second kappa shape index (κ2) is 3.57. The quantitative estimate of drug-likeness (QED) is 0.643. The topological polar surface area (TPSA) is 12.0 Å². The highest BCUT2D eigenvalue weighted by molar-refractivity contribution is 4.78. The molecule has 11 heavy (non-hydrogen) atoms. The Balaban J connectivity index is 1.99. The van der Waals surface area contributed by atoms with Crippen LogP contribution in [-0.4, -0.2) is 12.1 Å². The molecule has 0 spiro atoms. The van der Waals surface area contributed by atoms with E-state index in [1.54, 1.807) is 0 Å². The number of hydrogen-bond acceptors (Lipinski definition) is 1. The summed E-state index contributed by atoms with van der Waals surface area (Å²) < 4.78 is 0. The van der Waals surface area contributed by atoms with Crippen LogP contribution >= 0.6 is 0 Å². The van der Waals surface area contributed by atoms with Gasteiger partial charge in [0.05, 0.1) is 0 Å². The predicted octanol–water partition coefficient (Wildman–Crippen LogP) is 2.56. The van der Waals surface area contributed by atoms with Crippen LogP contribution in [0.2, 0.25) is 0 Å². The minimum atomic E-state index is 0.356. The molecule has 0 aliphatic heterocycles. The van der Waals surface area contributed by atoms with Crippen molar-refractivity contribution >= 4 is 0 Å². The molecule has 66 valence electrons. The van der Waals surface area contributed by atoms with E-state index in [0.717, 1.165) is 5.92 Å². The van der Waals surface area contributed by atoms with Gasteiger partial charge in [0.15, 0.2) is 0 Å². The van der Waals surface area contributed by atoms with E-state index in [1.165, 1.54) is 32.2 Å². The van der Waals surface area contributed by atoms with Gasteiger partial charge in [0.25, 0.3) is 0 Å². The van der Waals surface area contributed by atoms with E-state index in [4.69, 9.17) is 0 Å². The van der Waals surface area contributed by atoms with Gasteiger partial charge in [-0.05, 0) is 39.2 Å². The van der Waals surface area contributed by atoms with Crippen LogP contribution in [0.5, 0.6) is 0 Å². The second-order valence-corrected chi connectivity index (χ2v) is 4.40. The molecule has 0 heterocycles. The van der Waals surface area contributed by atoms with Gasteiger partial charge in [-0.25, -0.2) is 0 Å². The molecule has 0 radical (unpaired) electrons. The molecule has 1 heteroatoms. The van der Waals surface area contributed by atoms with Gasteiger partial charge >= 0.3 is 0 Å². The summed E-state index contributed by atoms with van der Waals surface area (Å²) in [6.07, 6.45) is 5.57. The summed E-state index contributed by atoms with van der Waals surface area (Å²) in [7, 11) is 0. The molecule has 0 bridgehead atoms. The Morgan fingerprint density at radius 2 is 2.00 bits per heavy atom. The summed E-state index contributed by atoms with van der Waals surface area (Å²) >= 11 is 0. The van der Waals surface area contributed by atoms with Crippen LogP contribution in [0.25, 0.3) is 0 Å². The Labute approximate surface area is 70.6 Å². The summed E-state index contributed by atoms with van der Waals surface area (Å²) in [4.78, 5) is 0. The van der Waals surface area contributed by atoms with Crippen molar-refractivity contribution in [3.8, 4) is 0 Å². The van der Waals surface area contributed by atoms with Crippen molar-refractivity contribution in [3.63, 3.8) is 0 Å². The highest BCUT2D eigenvalue weighted by Gasteiger charge is 2.21. The van der Waals surface area contributed by atoms with Crippen LogP contribution in [0.3, 0.4) is 0 Å². The molecule has 1 fully saturated rings. The lowest BCUT2D eigenvalue weighted by molar-refractivity contribution is 0.370. The van der Waals surface area contributed by atoms with Gasteiger partial charge in [-0.3, -0.25) is 0 Å².